The van der Waals surface area contributed by atoms with Crippen LogP contribution in [0, 0.1) is 0 Å². The van der Waals surface area contributed by atoms with Crippen molar-refractivity contribution >= 4 is 0 Å². The molecule has 4 heteroatoms. The maximum atomic E-state index is 5.87. The van der Waals surface area contributed by atoms with Gasteiger partial charge in [0.15, 0.2) is 0 Å². The van der Waals surface area contributed by atoms with Crippen LogP contribution in [0.2, 0.25) is 0 Å². The molecular weight excluding hydrogens is 226 g/mol. The van der Waals surface area contributed by atoms with Crippen LogP contribution in [0.3, 0.4) is 0 Å². The van der Waals surface area contributed by atoms with E-state index in [0.29, 0.717) is 17.7 Å². The number of nitrogens with zero attached hydrogens (tertiary/aromatic N) is 2. The smallest absolute Gasteiger partial charge is 0.0852 e. The lowest BCUT2D eigenvalue weighted by Gasteiger charge is -2.50. The van der Waals surface area contributed by atoms with E-state index in [1.807, 2.05) is 0 Å². The van der Waals surface area contributed by atoms with Gasteiger partial charge in [0.1, 0.15) is 0 Å². The number of morpholine rings is 1. The standard InChI is InChI=1S/C14H29N3O/c1-12(13-10-15-8-9-18-13)17(4)11-14(16(2)3)6-5-7-14/h12-13,15H,5-11H2,1-4H3. The third kappa shape index (κ3) is 2.87. The third-order valence-corrected chi connectivity index (χ3v) is 4.97. The molecule has 0 aromatic rings. The topological polar surface area (TPSA) is 27.7 Å². The highest BCUT2D eigenvalue weighted by molar-refractivity contribution is 4.99. The van der Waals surface area contributed by atoms with E-state index in [4.69, 9.17) is 4.74 Å². The van der Waals surface area contributed by atoms with Gasteiger partial charge in [-0.2, -0.15) is 0 Å². The van der Waals surface area contributed by atoms with Crippen molar-refractivity contribution in [2.24, 2.45) is 0 Å². The largest absolute Gasteiger partial charge is 0.374 e. The van der Waals surface area contributed by atoms with Crippen molar-refractivity contribution in [3.05, 3.63) is 0 Å². The maximum Gasteiger partial charge on any atom is 0.0852 e. The molecule has 0 bridgehead atoms. The molecule has 1 saturated heterocycles. The predicted octanol–water partition coefficient (Wildman–Crippen LogP) is 0.779. The molecule has 0 aromatic carbocycles. The molecule has 4 nitrogen and oxygen atoms in total. The monoisotopic (exact) mass is 255 g/mol. The van der Waals surface area contributed by atoms with E-state index in [9.17, 15) is 0 Å². The SMILES string of the molecule is CC(C1CNCCO1)N(C)CC1(N(C)C)CCC1. The summed E-state index contributed by atoms with van der Waals surface area (Å²) in [6.07, 6.45) is 4.38. The molecule has 18 heavy (non-hydrogen) atoms. The summed E-state index contributed by atoms with van der Waals surface area (Å²) >= 11 is 0. The average Bonchev–Trinajstić information content (AvgIpc) is 2.33. The van der Waals surface area contributed by atoms with Gasteiger partial charge in [0.2, 0.25) is 0 Å². The molecule has 1 N–H and O–H groups in total. The Kier molecular flexibility index (Phi) is 4.64. The van der Waals surface area contributed by atoms with Crippen LogP contribution < -0.4 is 5.32 Å². The summed E-state index contributed by atoms with van der Waals surface area (Å²) in [6.45, 7) is 6.28. The van der Waals surface area contributed by atoms with E-state index in [1.54, 1.807) is 0 Å². The van der Waals surface area contributed by atoms with Crippen molar-refractivity contribution < 1.29 is 4.74 Å². The van der Waals surface area contributed by atoms with E-state index in [-0.39, 0.29) is 0 Å². The van der Waals surface area contributed by atoms with Crippen LogP contribution in [0.1, 0.15) is 26.2 Å². The Labute approximate surface area is 112 Å². The van der Waals surface area contributed by atoms with Crippen LogP contribution in [0.5, 0.6) is 0 Å². The summed E-state index contributed by atoms with van der Waals surface area (Å²) in [4.78, 5) is 4.90. The number of nitrogens with one attached hydrogen (secondary N) is 1. The second-order valence-corrected chi connectivity index (χ2v) is 6.24. The fraction of sp³-hybridized carbons (Fsp3) is 1.00. The molecule has 2 unspecified atom stereocenters. The zero-order valence-corrected chi connectivity index (χ0v) is 12.4. The molecule has 1 aliphatic heterocycles. The Morgan fingerprint density at radius 1 is 1.33 bits per heavy atom. The Morgan fingerprint density at radius 2 is 2.06 bits per heavy atom. The molecule has 2 atom stereocenters. The summed E-state index contributed by atoms with van der Waals surface area (Å²) in [7, 11) is 6.68. The normalized spacial score (nSPS) is 29.3. The zero-order chi connectivity index (χ0) is 13.2. The minimum atomic E-state index is 0.336. The minimum Gasteiger partial charge on any atom is -0.374 e. The Hall–Kier alpha value is -0.160. The molecule has 2 rings (SSSR count). The number of hydrogen-bond donors (Lipinski definition) is 1. The van der Waals surface area contributed by atoms with Gasteiger partial charge in [-0.05, 0) is 47.3 Å². The molecule has 0 amide bonds. The summed E-state index contributed by atoms with van der Waals surface area (Å²) < 4.78 is 5.87. The number of hydrogen-bond acceptors (Lipinski definition) is 4. The fourth-order valence-corrected chi connectivity index (χ4v) is 3.12. The lowest BCUT2D eigenvalue weighted by Crippen LogP contribution is -2.60. The summed E-state index contributed by atoms with van der Waals surface area (Å²) in [5, 5.41) is 3.42. The van der Waals surface area contributed by atoms with Gasteiger partial charge in [-0.15, -0.1) is 0 Å². The quantitative estimate of drug-likeness (QED) is 0.786. The van der Waals surface area contributed by atoms with Gasteiger partial charge in [-0.1, -0.05) is 0 Å². The second kappa shape index (κ2) is 5.87. The molecule has 1 saturated carbocycles. The molecule has 2 aliphatic rings. The number of likely N-dealkylation sites (N-methyl/N-ethyl adjacent to an activating group) is 2. The van der Waals surface area contributed by atoms with Gasteiger partial charge in [0.05, 0.1) is 12.7 Å². The molecule has 1 heterocycles. The lowest BCUT2D eigenvalue weighted by molar-refractivity contribution is -0.0438. The Bertz CT molecular complexity index is 260. The predicted molar refractivity (Wildman–Crippen MR) is 75.0 cm³/mol. The van der Waals surface area contributed by atoms with Gasteiger partial charge < -0.3 is 15.0 Å². The van der Waals surface area contributed by atoms with Crippen LogP contribution in [0.4, 0.5) is 0 Å². The summed E-state index contributed by atoms with van der Waals surface area (Å²) in [6, 6.07) is 0.482. The van der Waals surface area contributed by atoms with Gasteiger partial charge >= 0.3 is 0 Å². The van der Waals surface area contributed by atoms with E-state index in [2.05, 4.69) is 43.2 Å². The molecular formula is C14H29N3O. The van der Waals surface area contributed by atoms with E-state index < -0.39 is 0 Å². The maximum absolute atomic E-state index is 5.87. The minimum absolute atomic E-state index is 0.336. The van der Waals surface area contributed by atoms with Crippen LogP contribution in [0.25, 0.3) is 0 Å². The van der Waals surface area contributed by atoms with Crippen molar-refractivity contribution in [1.82, 2.24) is 15.1 Å². The van der Waals surface area contributed by atoms with Crippen molar-refractivity contribution in [3.63, 3.8) is 0 Å². The van der Waals surface area contributed by atoms with Crippen LogP contribution in [0.15, 0.2) is 0 Å². The van der Waals surface area contributed by atoms with Crippen LogP contribution in [-0.2, 0) is 4.74 Å². The summed E-state index contributed by atoms with van der Waals surface area (Å²) in [5.41, 5.74) is 0.408. The van der Waals surface area contributed by atoms with Gasteiger partial charge in [-0.25, -0.2) is 0 Å². The summed E-state index contributed by atoms with van der Waals surface area (Å²) in [5.74, 6) is 0. The molecule has 1 aliphatic carbocycles. The molecule has 106 valence electrons. The van der Waals surface area contributed by atoms with Crippen molar-refractivity contribution in [1.29, 1.82) is 0 Å². The van der Waals surface area contributed by atoms with Gasteiger partial charge in [0, 0.05) is 31.2 Å². The van der Waals surface area contributed by atoms with E-state index >= 15 is 0 Å². The highest BCUT2D eigenvalue weighted by Gasteiger charge is 2.41. The van der Waals surface area contributed by atoms with Gasteiger partial charge in [0.25, 0.3) is 0 Å². The molecule has 0 aromatic heterocycles. The Balaban J connectivity index is 1.88. The first-order valence-electron chi connectivity index (χ1n) is 7.25. The first-order chi connectivity index (χ1) is 8.55. The van der Waals surface area contributed by atoms with E-state index in [0.717, 1.165) is 26.2 Å². The average molecular weight is 255 g/mol. The van der Waals surface area contributed by atoms with Crippen LogP contribution in [-0.4, -0.2) is 74.9 Å². The second-order valence-electron chi connectivity index (χ2n) is 6.24. The van der Waals surface area contributed by atoms with Crippen molar-refractivity contribution in [3.8, 4) is 0 Å². The van der Waals surface area contributed by atoms with E-state index in [1.165, 1.54) is 19.3 Å². The highest BCUT2D eigenvalue weighted by Crippen LogP contribution is 2.37. The van der Waals surface area contributed by atoms with Crippen molar-refractivity contribution in [2.45, 2.75) is 43.9 Å². The molecule has 0 spiro atoms. The van der Waals surface area contributed by atoms with Gasteiger partial charge in [-0.3, -0.25) is 4.90 Å². The number of ether oxygens (including phenoxy) is 1. The first kappa shape index (κ1) is 14.3. The van der Waals surface area contributed by atoms with Crippen LogP contribution >= 0.6 is 0 Å². The Morgan fingerprint density at radius 3 is 2.50 bits per heavy atom. The highest BCUT2D eigenvalue weighted by atomic mass is 16.5. The molecule has 0 radical (unpaired) electrons. The first-order valence-corrected chi connectivity index (χ1v) is 7.25. The molecule has 2 fully saturated rings. The van der Waals surface area contributed by atoms with Crippen molar-refractivity contribution in [2.75, 3.05) is 47.4 Å². The third-order valence-electron chi connectivity index (χ3n) is 4.97. The lowest BCUT2D eigenvalue weighted by atomic mass is 9.75. The number of rotatable bonds is 5. The zero-order valence-electron chi connectivity index (χ0n) is 12.4. The fourth-order valence-electron chi connectivity index (χ4n) is 3.12.